The molecule has 5 nitrogen and oxygen atoms in total. The van der Waals surface area contributed by atoms with Crippen LogP contribution in [0.2, 0.25) is 15.1 Å². The zero-order chi connectivity index (χ0) is 22.0. The van der Waals surface area contributed by atoms with Gasteiger partial charge in [0.25, 0.3) is 5.91 Å². The van der Waals surface area contributed by atoms with E-state index in [1.807, 2.05) is 19.1 Å². The first-order valence-corrected chi connectivity index (χ1v) is 12.0. The van der Waals surface area contributed by atoms with Crippen molar-refractivity contribution >= 4 is 67.4 Å². The molecule has 2 heterocycles. The van der Waals surface area contributed by atoms with Crippen molar-refractivity contribution in [2.24, 2.45) is 0 Å². The third kappa shape index (κ3) is 5.33. The number of hydrogen-bond acceptors (Lipinski definition) is 5. The summed E-state index contributed by atoms with van der Waals surface area (Å²) in [5.74, 6) is -0.188. The van der Waals surface area contributed by atoms with Crippen LogP contribution in [0.5, 0.6) is 0 Å². The molecular formula is C22H22Cl3N3O2S. The van der Waals surface area contributed by atoms with Crippen molar-refractivity contribution in [2.45, 2.75) is 13.3 Å². The lowest BCUT2D eigenvalue weighted by Gasteiger charge is -2.27. The number of halogens is 3. The summed E-state index contributed by atoms with van der Waals surface area (Å²) in [7, 11) is 0. The van der Waals surface area contributed by atoms with Gasteiger partial charge in [-0.05, 0) is 49.2 Å². The number of aromatic nitrogens is 1. The van der Waals surface area contributed by atoms with Crippen LogP contribution in [-0.2, 0) is 4.74 Å². The Hall–Kier alpha value is -1.41. The SMILES string of the molecule is Cc1cc(Cl)cc2sc(N(CCCN3CCOCC3)C(=O)c3ccc(Cl)cc3Cl)nc12. The van der Waals surface area contributed by atoms with E-state index >= 15 is 0 Å². The van der Waals surface area contributed by atoms with E-state index in [0.717, 1.165) is 55.0 Å². The third-order valence-electron chi connectivity index (χ3n) is 5.24. The Balaban J connectivity index is 1.63. The van der Waals surface area contributed by atoms with Crippen LogP contribution in [0, 0.1) is 6.92 Å². The standard InChI is InChI=1S/C22H22Cl3N3O2S/c1-14-11-16(24)13-19-20(14)26-22(31-19)28(6-2-5-27-7-9-30-10-8-27)21(29)17-4-3-15(23)12-18(17)25/h3-4,11-13H,2,5-10H2,1H3. The lowest BCUT2D eigenvalue weighted by atomic mass is 10.2. The summed E-state index contributed by atoms with van der Waals surface area (Å²) in [6, 6.07) is 8.70. The van der Waals surface area contributed by atoms with Crippen LogP contribution in [0.15, 0.2) is 30.3 Å². The van der Waals surface area contributed by atoms with E-state index in [9.17, 15) is 4.79 Å². The summed E-state index contributed by atoms with van der Waals surface area (Å²) in [5, 5.41) is 2.12. The molecule has 0 bridgehead atoms. The van der Waals surface area contributed by atoms with Gasteiger partial charge in [0.2, 0.25) is 0 Å². The fourth-order valence-electron chi connectivity index (χ4n) is 3.63. The van der Waals surface area contributed by atoms with Gasteiger partial charge in [-0.25, -0.2) is 4.98 Å². The highest BCUT2D eigenvalue weighted by Crippen LogP contribution is 2.34. The average Bonchev–Trinajstić information content (AvgIpc) is 3.15. The van der Waals surface area contributed by atoms with E-state index in [4.69, 9.17) is 44.5 Å². The number of benzene rings is 2. The Morgan fingerprint density at radius 3 is 2.68 bits per heavy atom. The number of carbonyl (C=O) groups is 1. The largest absolute Gasteiger partial charge is 0.379 e. The topological polar surface area (TPSA) is 45.7 Å². The van der Waals surface area contributed by atoms with Gasteiger partial charge in [0.15, 0.2) is 5.13 Å². The number of thiazole rings is 1. The van der Waals surface area contributed by atoms with Crippen molar-refractivity contribution in [3.8, 4) is 0 Å². The van der Waals surface area contributed by atoms with Crippen LogP contribution in [0.4, 0.5) is 5.13 Å². The normalized spacial score (nSPS) is 14.8. The van der Waals surface area contributed by atoms with Crippen LogP contribution in [0.1, 0.15) is 22.3 Å². The van der Waals surface area contributed by atoms with E-state index in [0.29, 0.717) is 32.3 Å². The number of amides is 1. The number of morpholine rings is 1. The van der Waals surface area contributed by atoms with Gasteiger partial charge in [-0.2, -0.15) is 0 Å². The summed E-state index contributed by atoms with van der Waals surface area (Å²) in [5.41, 5.74) is 2.25. The maximum atomic E-state index is 13.5. The molecule has 0 atom stereocenters. The maximum absolute atomic E-state index is 13.5. The Bertz CT molecular complexity index is 1100. The maximum Gasteiger partial charge on any atom is 0.261 e. The van der Waals surface area contributed by atoms with Crippen LogP contribution in [0.25, 0.3) is 10.2 Å². The predicted octanol–water partition coefficient (Wildman–Crippen LogP) is 5.93. The minimum atomic E-state index is -0.188. The van der Waals surface area contributed by atoms with Crippen LogP contribution in [-0.4, -0.2) is 55.2 Å². The molecule has 0 saturated carbocycles. The molecule has 3 aromatic rings. The number of nitrogens with zero attached hydrogens (tertiary/aromatic N) is 3. The molecule has 31 heavy (non-hydrogen) atoms. The minimum absolute atomic E-state index is 0.188. The Morgan fingerprint density at radius 2 is 1.94 bits per heavy atom. The van der Waals surface area contributed by atoms with Gasteiger partial charge in [0, 0.05) is 36.2 Å². The highest BCUT2D eigenvalue weighted by molar-refractivity contribution is 7.22. The molecular weight excluding hydrogens is 477 g/mol. The number of rotatable bonds is 6. The van der Waals surface area contributed by atoms with Crippen LogP contribution < -0.4 is 4.90 Å². The molecule has 2 aromatic carbocycles. The highest BCUT2D eigenvalue weighted by Gasteiger charge is 2.24. The second-order valence-electron chi connectivity index (χ2n) is 7.45. The molecule has 1 saturated heterocycles. The summed E-state index contributed by atoms with van der Waals surface area (Å²) < 4.78 is 6.37. The third-order valence-corrected chi connectivity index (χ3v) is 7.03. The molecule has 1 amide bonds. The highest BCUT2D eigenvalue weighted by atomic mass is 35.5. The quantitative estimate of drug-likeness (QED) is 0.422. The van der Waals surface area contributed by atoms with Crippen molar-refractivity contribution in [1.29, 1.82) is 0 Å². The molecule has 0 N–H and O–H groups in total. The zero-order valence-electron chi connectivity index (χ0n) is 17.0. The van der Waals surface area contributed by atoms with E-state index in [1.54, 1.807) is 23.1 Å². The summed E-state index contributed by atoms with van der Waals surface area (Å²) in [4.78, 5) is 22.3. The Labute approximate surface area is 200 Å². The smallest absolute Gasteiger partial charge is 0.261 e. The molecule has 4 rings (SSSR count). The first-order chi connectivity index (χ1) is 14.9. The number of carbonyl (C=O) groups excluding carboxylic acids is 1. The predicted molar refractivity (Wildman–Crippen MR) is 129 cm³/mol. The van der Waals surface area contributed by atoms with Gasteiger partial charge >= 0.3 is 0 Å². The summed E-state index contributed by atoms with van der Waals surface area (Å²) in [6.07, 6.45) is 0.812. The lowest BCUT2D eigenvalue weighted by molar-refractivity contribution is 0.0376. The molecule has 0 aliphatic carbocycles. The van der Waals surface area contributed by atoms with E-state index in [2.05, 4.69) is 4.90 Å². The van der Waals surface area contributed by atoms with Gasteiger partial charge in [0.05, 0.1) is 34.0 Å². The number of ether oxygens (including phenoxy) is 1. The van der Waals surface area contributed by atoms with Crippen molar-refractivity contribution in [3.05, 3.63) is 56.5 Å². The van der Waals surface area contributed by atoms with Gasteiger partial charge in [0.1, 0.15) is 0 Å². The molecule has 0 unspecified atom stereocenters. The van der Waals surface area contributed by atoms with E-state index in [1.165, 1.54) is 11.3 Å². The molecule has 0 spiro atoms. The fourth-order valence-corrected chi connectivity index (χ4v) is 5.56. The first kappa shape index (κ1) is 22.8. The molecule has 1 aliphatic heterocycles. The van der Waals surface area contributed by atoms with Gasteiger partial charge in [-0.1, -0.05) is 46.1 Å². The van der Waals surface area contributed by atoms with Crippen LogP contribution >= 0.6 is 46.1 Å². The minimum Gasteiger partial charge on any atom is -0.379 e. The van der Waals surface area contributed by atoms with Crippen molar-refractivity contribution in [1.82, 2.24) is 9.88 Å². The Kier molecular flexibility index (Phi) is 7.37. The fraction of sp³-hybridized carbons (Fsp3) is 0.364. The molecule has 1 aliphatic rings. The summed E-state index contributed by atoms with van der Waals surface area (Å²) in [6.45, 7) is 6.71. The molecule has 1 aromatic heterocycles. The monoisotopic (exact) mass is 497 g/mol. The first-order valence-electron chi connectivity index (χ1n) is 10.1. The number of anilines is 1. The van der Waals surface area contributed by atoms with Crippen molar-refractivity contribution in [2.75, 3.05) is 44.3 Å². The van der Waals surface area contributed by atoms with Gasteiger partial charge < -0.3 is 4.74 Å². The second kappa shape index (κ2) is 10.0. The molecule has 9 heteroatoms. The van der Waals surface area contributed by atoms with Gasteiger partial charge in [-0.3, -0.25) is 14.6 Å². The number of hydrogen-bond donors (Lipinski definition) is 0. The lowest BCUT2D eigenvalue weighted by Crippen LogP contribution is -2.39. The average molecular weight is 499 g/mol. The number of aryl methyl sites for hydroxylation is 1. The van der Waals surface area contributed by atoms with Crippen LogP contribution in [0.3, 0.4) is 0 Å². The zero-order valence-corrected chi connectivity index (χ0v) is 20.1. The van der Waals surface area contributed by atoms with Gasteiger partial charge in [-0.15, -0.1) is 0 Å². The summed E-state index contributed by atoms with van der Waals surface area (Å²) >= 11 is 20.1. The molecule has 0 radical (unpaired) electrons. The van der Waals surface area contributed by atoms with E-state index < -0.39 is 0 Å². The van der Waals surface area contributed by atoms with Crippen molar-refractivity contribution < 1.29 is 9.53 Å². The number of fused-ring (bicyclic) bond motifs is 1. The molecule has 164 valence electrons. The van der Waals surface area contributed by atoms with Crippen molar-refractivity contribution in [3.63, 3.8) is 0 Å². The van der Waals surface area contributed by atoms with E-state index in [-0.39, 0.29) is 5.91 Å². The second-order valence-corrected chi connectivity index (χ2v) is 9.74. The Morgan fingerprint density at radius 1 is 1.16 bits per heavy atom. The molecule has 1 fully saturated rings.